The summed E-state index contributed by atoms with van der Waals surface area (Å²) in [5, 5.41) is 10.1. The fourth-order valence-corrected chi connectivity index (χ4v) is 3.19. The number of carbonyl (C=O) groups excluding carboxylic acids is 2. The molecule has 0 spiro atoms. The molecule has 0 saturated heterocycles. The Kier molecular flexibility index (Phi) is 6.12. The number of anilines is 1. The molecular formula is C23H26N4O2. The van der Waals surface area contributed by atoms with Crippen molar-refractivity contribution < 1.29 is 9.59 Å². The smallest absolute Gasteiger partial charge is 0.259 e. The van der Waals surface area contributed by atoms with Crippen LogP contribution in [-0.2, 0) is 13.5 Å². The maximum atomic E-state index is 12.9. The van der Waals surface area contributed by atoms with E-state index in [4.69, 9.17) is 0 Å². The number of aromatic nitrogens is 2. The van der Waals surface area contributed by atoms with Crippen LogP contribution >= 0.6 is 0 Å². The zero-order valence-electron chi connectivity index (χ0n) is 17.2. The standard InChI is InChI=1S/C23H26N4O2/c1-15(2)25-22(28)19-11-10-18(12-16(19)3)26-23(29)20-14-24-27(4)21(20)13-17-8-6-5-7-9-17/h5-12,14-15H,13H2,1-4H3,(H,25,28)(H,26,29). The van der Waals surface area contributed by atoms with Crippen molar-refractivity contribution in [2.75, 3.05) is 5.32 Å². The van der Waals surface area contributed by atoms with E-state index >= 15 is 0 Å². The van der Waals surface area contributed by atoms with Crippen LogP contribution in [0.1, 0.15) is 51.4 Å². The third-order valence-corrected chi connectivity index (χ3v) is 4.67. The molecule has 6 heteroatoms. The van der Waals surface area contributed by atoms with Crippen LogP contribution in [-0.4, -0.2) is 27.6 Å². The van der Waals surface area contributed by atoms with Crippen LogP contribution < -0.4 is 10.6 Å². The molecular weight excluding hydrogens is 364 g/mol. The Morgan fingerprint density at radius 3 is 2.41 bits per heavy atom. The van der Waals surface area contributed by atoms with Crippen LogP contribution in [0.25, 0.3) is 0 Å². The molecule has 0 unspecified atom stereocenters. The molecule has 3 aromatic rings. The molecule has 150 valence electrons. The number of hydrogen-bond donors (Lipinski definition) is 2. The molecule has 0 atom stereocenters. The van der Waals surface area contributed by atoms with Gasteiger partial charge in [-0.3, -0.25) is 14.3 Å². The number of benzene rings is 2. The van der Waals surface area contributed by atoms with E-state index in [-0.39, 0.29) is 17.9 Å². The summed E-state index contributed by atoms with van der Waals surface area (Å²) in [4.78, 5) is 25.1. The van der Waals surface area contributed by atoms with Crippen LogP contribution in [0.3, 0.4) is 0 Å². The maximum absolute atomic E-state index is 12.9. The van der Waals surface area contributed by atoms with E-state index in [9.17, 15) is 9.59 Å². The minimum absolute atomic E-state index is 0.0647. The fraction of sp³-hybridized carbons (Fsp3) is 0.261. The lowest BCUT2D eigenvalue weighted by molar-refractivity contribution is 0.0942. The largest absolute Gasteiger partial charge is 0.350 e. The van der Waals surface area contributed by atoms with E-state index in [1.165, 1.54) is 0 Å². The SMILES string of the molecule is Cc1cc(NC(=O)c2cnn(C)c2Cc2ccccc2)ccc1C(=O)NC(C)C. The Balaban J connectivity index is 1.77. The number of nitrogens with one attached hydrogen (secondary N) is 2. The summed E-state index contributed by atoms with van der Waals surface area (Å²) < 4.78 is 1.73. The first-order valence-electron chi connectivity index (χ1n) is 9.63. The van der Waals surface area contributed by atoms with Crippen molar-refractivity contribution in [3.05, 3.63) is 82.7 Å². The van der Waals surface area contributed by atoms with Crippen LogP contribution in [0.5, 0.6) is 0 Å². The number of rotatable bonds is 6. The normalized spacial score (nSPS) is 10.8. The van der Waals surface area contributed by atoms with Crippen molar-refractivity contribution in [3.63, 3.8) is 0 Å². The Labute approximate surface area is 170 Å². The highest BCUT2D eigenvalue weighted by atomic mass is 16.2. The molecule has 0 radical (unpaired) electrons. The van der Waals surface area contributed by atoms with Crippen molar-refractivity contribution >= 4 is 17.5 Å². The minimum Gasteiger partial charge on any atom is -0.350 e. The van der Waals surface area contributed by atoms with Gasteiger partial charge < -0.3 is 10.6 Å². The van der Waals surface area contributed by atoms with Crippen molar-refractivity contribution in [2.24, 2.45) is 7.05 Å². The molecule has 2 aromatic carbocycles. The summed E-state index contributed by atoms with van der Waals surface area (Å²) in [6.07, 6.45) is 2.21. The average Bonchev–Trinajstić information content (AvgIpc) is 3.02. The van der Waals surface area contributed by atoms with Gasteiger partial charge in [0.2, 0.25) is 0 Å². The second kappa shape index (κ2) is 8.73. The van der Waals surface area contributed by atoms with Gasteiger partial charge in [0.25, 0.3) is 11.8 Å². The molecule has 1 aromatic heterocycles. The third-order valence-electron chi connectivity index (χ3n) is 4.67. The van der Waals surface area contributed by atoms with Gasteiger partial charge in [-0.1, -0.05) is 30.3 Å². The summed E-state index contributed by atoms with van der Waals surface area (Å²) >= 11 is 0. The predicted octanol–water partition coefficient (Wildman–Crippen LogP) is 3.71. The van der Waals surface area contributed by atoms with Gasteiger partial charge in [0.1, 0.15) is 0 Å². The van der Waals surface area contributed by atoms with Gasteiger partial charge in [0.15, 0.2) is 0 Å². The molecule has 0 bridgehead atoms. The molecule has 0 saturated carbocycles. The van der Waals surface area contributed by atoms with Gasteiger partial charge >= 0.3 is 0 Å². The number of nitrogens with zero attached hydrogens (tertiary/aromatic N) is 2. The highest BCUT2D eigenvalue weighted by Gasteiger charge is 2.17. The third kappa shape index (κ3) is 4.90. The molecule has 0 aliphatic heterocycles. The quantitative estimate of drug-likeness (QED) is 0.674. The van der Waals surface area contributed by atoms with Gasteiger partial charge in [0, 0.05) is 30.8 Å². The summed E-state index contributed by atoms with van der Waals surface area (Å²) in [5.74, 6) is -0.337. The molecule has 2 amide bonds. The van der Waals surface area contributed by atoms with Crippen molar-refractivity contribution in [2.45, 2.75) is 33.2 Å². The van der Waals surface area contributed by atoms with E-state index in [0.29, 0.717) is 23.2 Å². The second-order valence-electron chi connectivity index (χ2n) is 7.40. The van der Waals surface area contributed by atoms with Crippen molar-refractivity contribution in [1.82, 2.24) is 15.1 Å². The number of hydrogen-bond acceptors (Lipinski definition) is 3. The molecule has 2 N–H and O–H groups in total. The lowest BCUT2D eigenvalue weighted by Gasteiger charge is -2.12. The lowest BCUT2D eigenvalue weighted by atomic mass is 10.1. The predicted molar refractivity (Wildman–Crippen MR) is 114 cm³/mol. The fourth-order valence-electron chi connectivity index (χ4n) is 3.19. The van der Waals surface area contributed by atoms with E-state index < -0.39 is 0 Å². The lowest BCUT2D eigenvalue weighted by Crippen LogP contribution is -2.30. The first-order chi connectivity index (χ1) is 13.8. The molecule has 1 heterocycles. The monoisotopic (exact) mass is 390 g/mol. The Hall–Kier alpha value is -3.41. The number of amides is 2. The van der Waals surface area contributed by atoms with E-state index in [2.05, 4.69) is 15.7 Å². The molecule has 0 aliphatic carbocycles. The van der Waals surface area contributed by atoms with Crippen LogP contribution in [0, 0.1) is 6.92 Å². The van der Waals surface area contributed by atoms with Gasteiger partial charge in [0.05, 0.1) is 17.5 Å². The number of aryl methyl sites for hydroxylation is 2. The Bertz CT molecular complexity index is 1020. The van der Waals surface area contributed by atoms with Crippen molar-refractivity contribution in [3.8, 4) is 0 Å². The van der Waals surface area contributed by atoms with Crippen molar-refractivity contribution in [1.29, 1.82) is 0 Å². The molecule has 0 fully saturated rings. The summed E-state index contributed by atoms with van der Waals surface area (Å²) in [7, 11) is 1.83. The van der Waals surface area contributed by atoms with E-state index in [1.54, 1.807) is 29.1 Å². The zero-order valence-corrected chi connectivity index (χ0v) is 17.2. The van der Waals surface area contributed by atoms with Gasteiger partial charge in [-0.05, 0) is 50.1 Å². The Morgan fingerprint density at radius 1 is 1.03 bits per heavy atom. The first kappa shape index (κ1) is 20.3. The van der Waals surface area contributed by atoms with Gasteiger partial charge in [-0.2, -0.15) is 5.10 Å². The molecule has 3 rings (SSSR count). The van der Waals surface area contributed by atoms with Crippen LogP contribution in [0.15, 0.2) is 54.7 Å². The highest BCUT2D eigenvalue weighted by Crippen LogP contribution is 2.19. The number of carbonyl (C=O) groups is 2. The average molecular weight is 390 g/mol. The summed E-state index contributed by atoms with van der Waals surface area (Å²) in [5.41, 5.74) is 4.54. The minimum atomic E-state index is -0.220. The molecule has 0 aliphatic rings. The van der Waals surface area contributed by atoms with Crippen LogP contribution in [0.2, 0.25) is 0 Å². The second-order valence-corrected chi connectivity index (χ2v) is 7.40. The van der Waals surface area contributed by atoms with E-state index in [0.717, 1.165) is 16.8 Å². The van der Waals surface area contributed by atoms with Gasteiger partial charge in [-0.25, -0.2) is 0 Å². The van der Waals surface area contributed by atoms with Gasteiger partial charge in [-0.15, -0.1) is 0 Å². The summed E-state index contributed by atoms with van der Waals surface area (Å²) in [6, 6.07) is 15.3. The topological polar surface area (TPSA) is 76.0 Å². The Morgan fingerprint density at radius 2 is 1.76 bits per heavy atom. The highest BCUT2D eigenvalue weighted by molar-refractivity contribution is 6.05. The first-order valence-corrected chi connectivity index (χ1v) is 9.63. The summed E-state index contributed by atoms with van der Waals surface area (Å²) in [6.45, 7) is 5.70. The van der Waals surface area contributed by atoms with E-state index in [1.807, 2.05) is 58.2 Å². The molecule has 6 nitrogen and oxygen atoms in total. The van der Waals surface area contributed by atoms with Crippen LogP contribution in [0.4, 0.5) is 5.69 Å². The maximum Gasteiger partial charge on any atom is 0.259 e. The molecule has 29 heavy (non-hydrogen) atoms. The zero-order chi connectivity index (χ0) is 21.0.